The summed E-state index contributed by atoms with van der Waals surface area (Å²) in [6.45, 7) is 1.66. The average molecular weight is 509 g/mol. The third-order valence-electron chi connectivity index (χ3n) is 5.29. The molecule has 0 aliphatic heterocycles. The second-order valence-corrected chi connectivity index (χ2v) is 11.5. The van der Waals surface area contributed by atoms with E-state index < -0.39 is 10.0 Å². The number of aromatic nitrogens is 1. The lowest BCUT2D eigenvalue weighted by Crippen LogP contribution is -2.55. The monoisotopic (exact) mass is 508 g/mol. The maximum atomic E-state index is 13.3. The lowest BCUT2D eigenvalue weighted by molar-refractivity contribution is -0.379. The van der Waals surface area contributed by atoms with Gasteiger partial charge in [0.2, 0.25) is 0 Å². The molecule has 4 aromatic carbocycles. The molecule has 170 valence electrons. The molecule has 0 fully saturated rings. The Morgan fingerprint density at radius 1 is 1.00 bits per heavy atom. The molecule has 5 rings (SSSR count). The zero-order valence-electron chi connectivity index (χ0n) is 17.8. The lowest BCUT2D eigenvalue weighted by Gasteiger charge is -2.15. The van der Waals surface area contributed by atoms with E-state index in [0.29, 0.717) is 26.9 Å². The van der Waals surface area contributed by atoms with E-state index in [1.165, 1.54) is 35.2 Å². The first kappa shape index (κ1) is 22.3. The van der Waals surface area contributed by atoms with Crippen LogP contribution in [-0.4, -0.2) is 18.5 Å². The Morgan fingerprint density at radius 2 is 1.74 bits per heavy atom. The van der Waals surface area contributed by atoms with Gasteiger partial charge in [0, 0.05) is 33.0 Å². The number of anilines is 1. The first-order valence-electron chi connectivity index (χ1n) is 10.2. The minimum absolute atomic E-state index is 0.00844. The molecule has 0 bridgehead atoms. The standard InChI is InChI=1S/C24H17N3O4S3/c1-14-10-11-15(26-29)12-22(14)34(30,31)27-19-13-21(23(28)17-7-3-2-6-16(17)19)33-24-25-18-8-4-5-9-20(18)32-24/h2-13,27-28H,1H3/p+1. The number of nitrogens with one attached hydrogen (secondary N) is 2. The highest BCUT2D eigenvalue weighted by molar-refractivity contribution is 8.01. The van der Waals surface area contributed by atoms with E-state index in [2.05, 4.69) is 9.71 Å². The van der Waals surface area contributed by atoms with Gasteiger partial charge in [-0.15, -0.1) is 11.3 Å². The van der Waals surface area contributed by atoms with Crippen molar-refractivity contribution in [3.63, 3.8) is 0 Å². The van der Waals surface area contributed by atoms with Crippen LogP contribution in [0.25, 0.3) is 21.0 Å². The fourth-order valence-electron chi connectivity index (χ4n) is 3.64. The molecule has 0 atom stereocenters. The Labute approximate surface area is 203 Å². The van der Waals surface area contributed by atoms with Gasteiger partial charge in [0.05, 0.1) is 25.7 Å². The predicted octanol–water partition coefficient (Wildman–Crippen LogP) is 4.89. The summed E-state index contributed by atoms with van der Waals surface area (Å²) in [5.74, 6) is 0.0523. The van der Waals surface area contributed by atoms with Gasteiger partial charge in [0.15, 0.2) is 4.34 Å². The number of aromatic hydroxyl groups is 1. The number of nitroso groups, excluding NO2 is 1. The maximum Gasteiger partial charge on any atom is 0.262 e. The zero-order valence-corrected chi connectivity index (χ0v) is 20.2. The molecule has 0 aliphatic carbocycles. The highest BCUT2D eigenvalue weighted by atomic mass is 32.2. The van der Waals surface area contributed by atoms with E-state index in [4.69, 9.17) is 0 Å². The molecule has 5 aromatic rings. The van der Waals surface area contributed by atoms with Gasteiger partial charge in [-0.1, -0.05) is 54.2 Å². The van der Waals surface area contributed by atoms with Gasteiger partial charge >= 0.3 is 0 Å². The number of sulfonamides is 1. The van der Waals surface area contributed by atoms with Crippen molar-refractivity contribution in [2.24, 2.45) is 0 Å². The van der Waals surface area contributed by atoms with Crippen molar-refractivity contribution in [2.75, 3.05) is 4.72 Å². The first-order valence-corrected chi connectivity index (χ1v) is 13.3. The van der Waals surface area contributed by atoms with Gasteiger partial charge in [0.25, 0.3) is 15.7 Å². The van der Waals surface area contributed by atoms with Crippen LogP contribution < -0.4 is 9.90 Å². The smallest absolute Gasteiger partial charge is 0.262 e. The van der Waals surface area contributed by atoms with Crippen LogP contribution in [0.5, 0.6) is 5.75 Å². The number of aryl methyl sites for hydroxylation is 1. The minimum Gasteiger partial charge on any atom is -0.506 e. The van der Waals surface area contributed by atoms with Crippen molar-refractivity contribution in [1.82, 2.24) is 4.98 Å². The summed E-state index contributed by atoms with van der Waals surface area (Å²) in [5.41, 5.74) is 1.82. The Hall–Kier alpha value is -3.47. The van der Waals surface area contributed by atoms with Crippen molar-refractivity contribution in [2.45, 2.75) is 21.1 Å². The minimum atomic E-state index is -4.02. The molecule has 3 N–H and O–H groups in total. The summed E-state index contributed by atoms with van der Waals surface area (Å²) < 4.78 is 31.0. The molecular formula is C24H18N3O4S3+. The van der Waals surface area contributed by atoms with Crippen LogP contribution in [0.2, 0.25) is 0 Å². The average Bonchev–Trinajstić information content (AvgIpc) is 3.24. The normalized spacial score (nSPS) is 11.7. The van der Waals surface area contributed by atoms with Crippen LogP contribution in [0.15, 0.2) is 86.9 Å². The number of para-hydroxylation sites is 1. The van der Waals surface area contributed by atoms with Crippen LogP contribution in [0.1, 0.15) is 5.56 Å². The van der Waals surface area contributed by atoms with Crippen LogP contribution >= 0.6 is 23.1 Å². The maximum absolute atomic E-state index is 13.3. The van der Waals surface area contributed by atoms with Crippen LogP contribution in [0.4, 0.5) is 11.4 Å². The number of rotatable bonds is 6. The third kappa shape index (κ3) is 4.11. The summed E-state index contributed by atoms with van der Waals surface area (Å²) in [7, 11) is -4.02. The Balaban J connectivity index is 1.61. The molecular weight excluding hydrogens is 490 g/mol. The molecule has 0 saturated heterocycles. The Kier molecular flexibility index (Phi) is 5.72. The number of fused-ring (bicyclic) bond motifs is 2. The second kappa shape index (κ2) is 8.71. The van der Waals surface area contributed by atoms with Gasteiger partial charge < -0.3 is 5.11 Å². The van der Waals surface area contributed by atoms with E-state index in [-0.39, 0.29) is 16.3 Å². The number of hydrogen-bond acceptors (Lipinski definition) is 7. The highest BCUT2D eigenvalue weighted by Gasteiger charge is 2.22. The third-order valence-corrected chi connectivity index (χ3v) is 8.93. The quantitative estimate of drug-likeness (QED) is 0.282. The molecule has 10 heteroatoms. The number of phenolic OH excluding ortho intramolecular Hbond substituents is 1. The van der Waals surface area contributed by atoms with Crippen LogP contribution in [0, 0.1) is 11.8 Å². The summed E-state index contributed by atoms with van der Waals surface area (Å²) >= 11 is 2.76. The number of phenols is 1. The fraction of sp³-hybridized carbons (Fsp3) is 0.0417. The summed E-state index contributed by atoms with van der Waals surface area (Å²) in [5, 5.41) is 13.8. The van der Waals surface area contributed by atoms with Gasteiger partial charge in [-0.3, -0.25) is 4.72 Å². The molecule has 7 nitrogen and oxygen atoms in total. The van der Waals surface area contributed by atoms with Gasteiger partial charge in [0.1, 0.15) is 5.75 Å². The zero-order chi connectivity index (χ0) is 23.9. The van der Waals surface area contributed by atoms with Crippen molar-refractivity contribution in [1.29, 1.82) is 0 Å². The van der Waals surface area contributed by atoms with Crippen molar-refractivity contribution in [3.05, 3.63) is 83.3 Å². The van der Waals surface area contributed by atoms with E-state index in [1.807, 2.05) is 24.3 Å². The fourth-order valence-corrected chi connectivity index (χ4v) is 7.10. The van der Waals surface area contributed by atoms with Crippen molar-refractivity contribution in [3.8, 4) is 5.75 Å². The molecule has 0 aliphatic rings. The van der Waals surface area contributed by atoms with Crippen LogP contribution in [0.3, 0.4) is 0 Å². The molecule has 0 unspecified atom stereocenters. The largest absolute Gasteiger partial charge is 0.506 e. The molecule has 0 spiro atoms. The van der Waals surface area contributed by atoms with Gasteiger partial charge in [-0.05, 0) is 30.7 Å². The molecule has 34 heavy (non-hydrogen) atoms. The first-order chi connectivity index (χ1) is 16.4. The number of hydrogen-bond donors (Lipinski definition) is 3. The number of nitrogens with zero attached hydrogens (tertiary/aromatic N) is 1. The summed E-state index contributed by atoms with van der Waals surface area (Å²) in [4.78, 5) is 16.1. The molecule has 1 heterocycles. The van der Waals surface area contributed by atoms with E-state index >= 15 is 0 Å². The summed E-state index contributed by atoms with van der Waals surface area (Å²) in [6, 6.07) is 20.8. The van der Waals surface area contributed by atoms with Gasteiger partial charge in [-0.25, -0.2) is 13.4 Å². The number of thiazole rings is 1. The highest BCUT2D eigenvalue weighted by Crippen LogP contribution is 2.44. The molecule has 0 saturated carbocycles. The Morgan fingerprint density at radius 3 is 2.50 bits per heavy atom. The van der Waals surface area contributed by atoms with Crippen molar-refractivity contribution >= 4 is 65.5 Å². The topological polar surface area (TPSA) is 110 Å². The molecule has 0 radical (unpaired) electrons. The second-order valence-electron chi connectivity index (χ2n) is 7.55. The van der Waals surface area contributed by atoms with E-state index in [1.54, 1.807) is 48.5 Å². The Bertz CT molecular complexity index is 1650. The molecule has 1 aromatic heterocycles. The van der Waals surface area contributed by atoms with E-state index in [9.17, 15) is 18.4 Å². The van der Waals surface area contributed by atoms with E-state index in [0.717, 1.165) is 14.6 Å². The SMILES string of the molecule is Cc1ccc([NH+]=O)cc1S(=O)(=O)Nc1cc(Sc2nc3ccccc3s2)c(O)c2ccccc12. The van der Waals surface area contributed by atoms with Crippen molar-refractivity contribution < 1.29 is 18.7 Å². The van der Waals surface area contributed by atoms with Gasteiger partial charge in [-0.2, -0.15) is 0 Å². The lowest BCUT2D eigenvalue weighted by atomic mass is 10.1. The van der Waals surface area contributed by atoms with Crippen LogP contribution in [-0.2, 0) is 10.0 Å². The number of benzene rings is 4. The summed E-state index contributed by atoms with van der Waals surface area (Å²) in [6.07, 6.45) is 0. The predicted molar refractivity (Wildman–Crippen MR) is 135 cm³/mol. The molecule has 0 amide bonds.